The third-order valence-corrected chi connectivity index (χ3v) is 9.68. The number of carbonyl (C=O) groups excluding carboxylic acids is 3. The maximum atomic E-state index is 14.1. The van der Waals surface area contributed by atoms with Crippen LogP contribution in [0.4, 0.5) is 5.69 Å². The Bertz CT molecular complexity index is 1740. The van der Waals surface area contributed by atoms with Gasteiger partial charge >= 0.3 is 0 Å². The van der Waals surface area contributed by atoms with E-state index < -0.39 is 23.9 Å². The number of nitrogens with zero attached hydrogens (tertiary/aromatic N) is 6. The highest BCUT2D eigenvalue weighted by atomic mass is 79.9. The molecule has 1 aliphatic carbocycles. The standard InChI is InChI=1S/C33H28Br2N6O3/c1-19-5-15-25(16-6-19)40-32(43)29-31(33(40)44)39(38-36-29)18-27(42)41-30(21-9-13-24(35)14-10-21)26-4-2-3-22(28(26)37-41)17-20-7-11-23(34)12-8-20/h5-17,26,29-31H,2-4,18H2,1H3/b22-17-/t26-,29+,30-,31-/m0/s1. The molecular formula is C33H28Br2N6O3. The van der Waals surface area contributed by atoms with E-state index in [0.717, 1.165) is 61.1 Å². The van der Waals surface area contributed by atoms with Crippen LogP contribution in [0, 0.1) is 12.8 Å². The molecule has 0 bridgehead atoms. The van der Waals surface area contributed by atoms with Crippen LogP contribution in [0.25, 0.3) is 6.08 Å². The van der Waals surface area contributed by atoms with E-state index in [2.05, 4.69) is 60.4 Å². The average Bonchev–Trinajstić information content (AvgIpc) is 3.69. The second-order valence-corrected chi connectivity index (χ2v) is 13.3. The number of halogens is 2. The van der Waals surface area contributed by atoms with Crippen molar-refractivity contribution in [3.63, 3.8) is 0 Å². The van der Waals surface area contributed by atoms with Crippen LogP contribution >= 0.6 is 31.9 Å². The molecular weight excluding hydrogens is 688 g/mol. The Hall–Kier alpha value is -3.96. The summed E-state index contributed by atoms with van der Waals surface area (Å²) in [6.07, 6.45) is 4.91. The van der Waals surface area contributed by atoms with Crippen LogP contribution in [-0.4, -0.2) is 52.1 Å². The number of hydrazone groups is 1. The summed E-state index contributed by atoms with van der Waals surface area (Å²) in [7, 11) is 0. The molecule has 2 fully saturated rings. The number of aryl methyl sites for hydroxylation is 1. The van der Waals surface area contributed by atoms with E-state index in [1.54, 1.807) is 17.1 Å². The Morgan fingerprint density at radius 1 is 0.909 bits per heavy atom. The lowest BCUT2D eigenvalue weighted by atomic mass is 9.77. The molecule has 44 heavy (non-hydrogen) atoms. The van der Waals surface area contributed by atoms with Crippen molar-refractivity contribution in [3.05, 3.63) is 104 Å². The fourth-order valence-corrected chi connectivity index (χ4v) is 7.00. The number of carbonyl (C=O) groups is 3. The molecule has 3 heterocycles. The van der Waals surface area contributed by atoms with Crippen molar-refractivity contribution in [2.45, 2.75) is 44.3 Å². The van der Waals surface area contributed by atoms with Gasteiger partial charge in [0.05, 0.1) is 17.4 Å². The fourth-order valence-electron chi connectivity index (χ4n) is 6.47. The molecule has 7 rings (SSSR count). The molecule has 1 saturated carbocycles. The molecule has 4 atom stereocenters. The van der Waals surface area contributed by atoms with Gasteiger partial charge in [0.1, 0.15) is 6.54 Å². The number of rotatable bonds is 5. The number of amides is 3. The van der Waals surface area contributed by atoms with Crippen molar-refractivity contribution in [1.82, 2.24) is 10.0 Å². The number of hydrogen-bond donors (Lipinski definition) is 0. The normalized spacial score (nSPS) is 25.1. The van der Waals surface area contributed by atoms with Gasteiger partial charge in [0.2, 0.25) is 0 Å². The van der Waals surface area contributed by atoms with E-state index in [4.69, 9.17) is 5.10 Å². The van der Waals surface area contributed by atoms with Crippen molar-refractivity contribution >= 4 is 67.1 Å². The van der Waals surface area contributed by atoms with Gasteiger partial charge in [-0.2, -0.15) is 10.2 Å². The Labute approximate surface area is 271 Å². The van der Waals surface area contributed by atoms with Crippen LogP contribution in [0.5, 0.6) is 0 Å². The molecule has 3 amide bonds. The second-order valence-electron chi connectivity index (χ2n) is 11.5. The van der Waals surface area contributed by atoms with E-state index >= 15 is 0 Å². The number of allylic oxidation sites excluding steroid dienone is 1. The number of imide groups is 1. The van der Waals surface area contributed by atoms with Crippen molar-refractivity contribution in [2.24, 2.45) is 21.4 Å². The van der Waals surface area contributed by atoms with Gasteiger partial charge in [-0.15, -0.1) is 0 Å². The fraction of sp³-hybridized carbons (Fsp3) is 0.273. The van der Waals surface area contributed by atoms with E-state index in [1.807, 2.05) is 55.5 Å². The zero-order valence-corrected chi connectivity index (χ0v) is 27.0. The Kier molecular flexibility index (Phi) is 7.54. The lowest BCUT2D eigenvalue weighted by Crippen LogP contribution is -2.45. The first-order valence-corrected chi connectivity index (χ1v) is 16.1. The van der Waals surface area contributed by atoms with E-state index in [1.165, 1.54) is 5.01 Å². The molecule has 222 valence electrons. The lowest BCUT2D eigenvalue weighted by Gasteiger charge is -2.30. The largest absolute Gasteiger partial charge is 0.271 e. The Morgan fingerprint density at radius 2 is 1.59 bits per heavy atom. The van der Waals surface area contributed by atoms with Gasteiger partial charge in [0.15, 0.2) is 12.1 Å². The van der Waals surface area contributed by atoms with E-state index in [9.17, 15) is 14.4 Å². The molecule has 4 aliphatic rings. The Morgan fingerprint density at radius 3 is 2.30 bits per heavy atom. The van der Waals surface area contributed by atoms with E-state index in [-0.39, 0.29) is 24.4 Å². The second kappa shape index (κ2) is 11.5. The quantitative estimate of drug-likeness (QED) is 0.277. The van der Waals surface area contributed by atoms with Gasteiger partial charge in [0.25, 0.3) is 17.7 Å². The predicted octanol–water partition coefficient (Wildman–Crippen LogP) is 6.64. The summed E-state index contributed by atoms with van der Waals surface area (Å²) in [5, 5.41) is 16.1. The monoisotopic (exact) mass is 714 g/mol. The summed E-state index contributed by atoms with van der Waals surface area (Å²) < 4.78 is 1.96. The van der Waals surface area contributed by atoms with Gasteiger partial charge in [0, 0.05) is 14.9 Å². The van der Waals surface area contributed by atoms with Crippen molar-refractivity contribution in [2.75, 3.05) is 11.4 Å². The smallest absolute Gasteiger partial charge is 0.264 e. The highest BCUT2D eigenvalue weighted by molar-refractivity contribution is 9.10. The van der Waals surface area contributed by atoms with Crippen LogP contribution in [-0.2, 0) is 14.4 Å². The van der Waals surface area contributed by atoms with Gasteiger partial charge in [-0.25, -0.2) is 9.91 Å². The van der Waals surface area contributed by atoms with Gasteiger partial charge in [-0.05, 0) is 85.4 Å². The minimum absolute atomic E-state index is 0.0234. The third kappa shape index (κ3) is 5.11. The first kappa shape index (κ1) is 28.8. The average molecular weight is 716 g/mol. The molecule has 0 radical (unpaired) electrons. The molecule has 3 aromatic carbocycles. The van der Waals surface area contributed by atoms with Gasteiger partial charge < -0.3 is 0 Å². The van der Waals surface area contributed by atoms with Crippen molar-refractivity contribution in [3.8, 4) is 0 Å². The number of hydrogen-bond acceptors (Lipinski definition) is 7. The summed E-state index contributed by atoms with van der Waals surface area (Å²) in [6.45, 7) is 1.71. The van der Waals surface area contributed by atoms with Crippen LogP contribution in [0.15, 0.2) is 103 Å². The SMILES string of the molecule is Cc1ccc(N2C(=O)[C@@H]3[C@@H](N=NN3CC(=O)N3N=C4/C(=C\c5ccc(Br)cc5)CCC[C@@H]4[C@@H]3c3ccc(Br)cc3)C2=O)cc1. The highest BCUT2D eigenvalue weighted by Crippen LogP contribution is 2.45. The van der Waals surface area contributed by atoms with Crippen molar-refractivity contribution < 1.29 is 14.4 Å². The van der Waals surface area contributed by atoms with Crippen LogP contribution in [0.1, 0.15) is 42.0 Å². The molecule has 1 saturated heterocycles. The topological polar surface area (TPSA) is 98.0 Å². The minimum atomic E-state index is -0.980. The molecule has 9 nitrogen and oxygen atoms in total. The summed E-state index contributed by atoms with van der Waals surface area (Å²) in [5.41, 5.74) is 5.59. The number of benzene rings is 3. The lowest BCUT2D eigenvalue weighted by molar-refractivity contribution is -0.136. The first-order valence-electron chi connectivity index (χ1n) is 14.5. The molecule has 0 aromatic heterocycles. The predicted molar refractivity (Wildman–Crippen MR) is 173 cm³/mol. The number of fused-ring (bicyclic) bond motifs is 2. The minimum Gasteiger partial charge on any atom is -0.271 e. The van der Waals surface area contributed by atoms with Crippen molar-refractivity contribution in [1.29, 1.82) is 0 Å². The maximum absolute atomic E-state index is 14.1. The molecule has 11 heteroatoms. The summed E-state index contributed by atoms with van der Waals surface area (Å²) in [4.78, 5) is 42.0. The highest BCUT2D eigenvalue weighted by Gasteiger charge is 2.55. The molecule has 3 aliphatic heterocycles. The van der Waals surface area contributed by atoms with Gasteiger partial charge in [-0.3, -0.25) is 19.4 Å². The molecule has 3 aromatic rings. The van der Waals surface area contributed by atoms with Crippen LogP contribution in [0.2, 0.25) is 0 Å². The summed E-state index contributed by atoms with van der Waals surface area (Å²) in [6, 6.07) is 21.0. The summed E-state index contributed by atoms with van der Waals surface area (Å²) in [5.74, 6) is -1.16. The van der Waals surface area contributed by atoms with Gasteiger partial charge in [-0.1, -0.05) is 79.0 Å². The third-order valence-electron chi connectivity index (χ3n) is 8.63. The first-order chi connectivity index (χ1) is 21.3. The zero-order valence-electron chi connectivity index (χ0n) is 23.8. The zero-order chi connectivity index (χ0) is 30.5. The maximum Gasteiger partial charge on any atom is 0.264 e. The van der Waals surface area contributed by atoms with Crippen LogP contribution in [0.3, 0.4) is 0 Å². The van der Waals surface area contributed by atoms with Crippen LogP contribution < -0.4 is 4.90 Å². The Balaban J connectivity index is 1.18. The molecule has 0 N–H and O–H groups in total. The molecule has 0 spiro atoms. The van der Waals surface area contributed by atoms with E-state index in [0.29, 0.717) is 5.69 Å². The summed E-state index contributed by atoms with van der Waals surface area (Å²) >= 11 is 7.03. The number of anilines is 1. The molecule has 0 unspecified atom stereocenters.